The maximum Gasteiger partial charge on any atom is 0.343 e. The third kappa shape index (κ3) is 5.67. The molecular weight excluding hydrogens is 475 g/mol. The molecule has 0 radical (unpaired) electrons. The molecule has 0 amide bonds. The van der Waals surface area contributed by atoms with Gasteiger partial charge in [-0.3, -0.25) is 0 Å². The fourth-order valence-electron chi connectivity index (χ4n) is 3.98. The van der Waals surface area contributed by atoms with Crippen LogP contribution in [0.1, 0.15) is 47.7 Å². The smallest absolute Gasteiger partial charge is 0.343 e. The van der Waals surface area contributed by atoms with Crippen LogP contribution in [0.4, 0.5) is 4.39 Å². The number of methoxy groups -OCH3 is 1. The van der Waals surface area contributed by atoms with E-state index in [0.29, 0.717) is 35.3 Å². The summed E-state index contributed by atoms with van der Waals surface area (Å²) in [6.07, 6.45) is 0.907. The molecule has 7 nitrogen and oxygen atoms in total. The van der Waals surface area contributed by atoms with Crippen LogP contribution in [0, 0.1) is 23.1 Å². The zero-order valence-corrected chi connectivity index (χ0v) is 20.8. The summed E-state index contributed by atoms with van der Waals surface area (Å²) in [5, 5.41) is 9.87. The summed E-state index contributed by atoms with van der Waals surface area (Å²) in [7, 11) is 1.56. The van der Waals surface area contributed by atoms with Crippen molar-refractivity contribution < 1.29 is 28.1 Å². The summed E-state index contributed by atoms with van der Waals surface area (Å²) < 4.78 is 35.8. The van der Waals surface area contributed by atoms with Crippen molar-refractivity contribution in [3.05, 3.63) is 94.6 Å². The van der Waals surface area contributed by atoms with Crippen LogP contribution in [0.15, 0.2) is 72.1 Å². The normalized spacial score (nSPS) is 14.4. The van der Waals surface area contributed by atoms with Gasteiger partial charge in [-0.15, -0.1) is 0 Å². The number of hydrogen-bond donors (Lipinski definition) is 1. The predicted octanol–water partition coefficient (Wildman–Crippen LogP) is 5.70. The SMILES string of the molecule is COc1cc(C2C(C#N)=C(N)Oc3cc(OC(=O)c4ccc(F)cc4)ccc32)ccc1OCCC(C)C. The average molecular weight is 503 g/mol. The van der Waals surface area contributed by atoms with E-state index in [-0.39, 0.29) is 22.8 Å². The lowest BCUT2D eigenvalue weighted by molar-refractivity contribution is 0.0734. The van der Waals surface area contributed by atoms with Crippen molar-refractivity contribution in [2.75, 3.05) is 13.7 Å². The van der Waals surface area contributed by atoms with Crippen LogP contribution in [0.2, 0.25) is 0 Å². The molecule has 0 saturated carbocycles. The number of halogens is 1. The second-order valence-electron chi connectivity index (χ2n) is 8.96. The first-order valence-corrected chi connectivity index (χ1v) is 11.8. The average Bonchev–Trinajstić information content (AvgIpc) is 2.88. The molecule has 0 spiro atoms. The van der Waals surface area contributed by atoms with Crippen molar-refractivity contribution in [1.82, 2.24) is 0 Å². The molecule has 0 aliphatic carbocycles. The highest BCUT2D eigenvalue weighted by molar-refractivity contribution is 5.91. The molecule has 4 rings (SSSR count). The molecule has 1 atom stereocenters. The van der Waals surface area contributed by atoms with Crippen molar-refractivity contribution in [2.45, 2.75) is 26.2 Å². The maximum absolute atomic E-state index is 13.2. The molecule has 1 heterocycles. The largest absolute Gasteiger partial charge is 0.493 e. The zero-order chi connectivity index (χ0) is 26.5. The topological polar surface area (TPSA) is 104 Å². The summed E-state index contributed by atoms with van der Waals surface area (Å²) in [6.45, 7) is 4.81. The number of benzene rings is 3. The van der Waals surface area contributed by atoms with E-state index in [4.69, 9.17) is 24.7 Å². The van der Waals surface area contributed by atoms with Crippen molar-refractivity contribution >= 4 is 5.97 Å². The Labute approximate surface area is 214 Å². The van der Waals surface area contributed by atoms with Gasteiger partial charge in [0.2, 0.25) is 5.88 Å². The lowest BCUT2D eigenvalue weighted by atomic mass is 9.83. The Kier molecular flexibility index (Phi) is 7.63. The van der Waals surface area contributed by atoms with Gasteiger partial charge in [-0.25, -0.2) is 9.18 Å². The Balaban J connectivity index is 1.64. The van der Waals surface area contributed by atoms with Gasteiger partial charge in [-0.2, -0.15) is 5.26 Å². The molecule has 0 saturated heterocycles. The van der Waals surface area contributed by atoms with Gasteiger partial charge in [0.05, 0.1) is 25.2 Å². The van der Waals surface area contributed by atoms with Crippen LogP contribution in [-0.4, -0.2) is 19.7 Å². The number of hydrogen-bond acceptors (Lipinski definition) is 7. The minimum Gasteiger partial charge on any atom is -0.493 e. The first-order valence-electron chi connectivity index (χ1n) is 11.8. The van der Waals surface area contributed by atoms with Crippen molar-refractivity contribution in [2.24, 2.45) is 11.7 Å². The van der Waals surface area contributed by atoms with Crippen molar-refractivity contribution in [3.63, 3.8) is 0 Å². The van der Waals surface area contributed by atoms with E-state index in [1.807, 2.05) is 18.2 Å². The molecule has 0 fully saturated rings. The molecule has 2 N–H and O–H groups in total. The second-order valence-corrected chi connectivity index (χ2v) is 8.96. The first kappa shape index (κ1) is 25.6. The molecule has 1 unspecified atom stereocenters. The molecule has 8 heteroatoms. The Hall–Kier alpha value is -4.51. The highest BCUT2D eigenvalue weighted by atomic mass is 19.1. The lowest BCUT2D eigenvalue weighted by Crippen LogP contribution is -2.21. The van der Waals surface area contributed by atoms with Crippen LogP contribution in [0.25, 0.3) is 0 Å². The molecule has 37 heavy (non-hydrogen) atoms. The fraction of sp³-hybridized carbons (Fsp3) is 0.241. The van der Waals surface area contributed by atoms with Gasteiger partial charge in [-0.05, 0) is 60.4 Å². The number of fused-ring (bicyclic) bond motifs is 1. The van der Waals surface area contributed by atoms with Gasteiger partial charge in [-0.1, -0.05) is 26.0 Å². The molecular formula is C29H27FN2O5. The van der Waals surface area contributed by atoms with E-state index in [1.54, 1.807) is 19.2 Å². The van der Waals surface area contributed by atoms with E-state index in [1.165, 1.54) is 30.3 Å². The number of ether oxygens (including phenoxy) is 4. The van der Waals surface area contributed by atoms with Gasteiger partial charge in [0, 0.05) is 11.6 Å². The van der Waals surface area contributed by atoms with Crippen LogP contribution in [0.5, 0.6) is 23.0 Å². The fourth-order valence-corrected chi connectivity index (χ4v) is 3.98. The van der Waals surface area contributed by atoms with Gasteiger partial charge in [0.25, 0.3) is 0 Å². The van der Waals surface area contributed by atoms with E-state index in [9.17, 15) is 14.4 Å². The molecule has 3 aromatic rings. The summed E-state index contributed by atoms with van der Waals surface area (Å²) >= 11 is 0. The molecule has 1 aliphatic rings. The maximum atomic E-state index is 13.2. The Morgan fingerprint density at radius 2 is 1.86 bits per heavy atom. The number of allylic oxidation sites excluding steroid dienone is 1. The summed E-state index contributed by atoms with van der Waals surface area (Å²) in [4.78, 5) is 12.5. The number of nitrogens with zero attached hydrogens (tertiary/aromatic N) is 1. The van der Waals surface area contributed by atoms with Crippen LogP contribution < -0.4 is 24.7 Å². The van der Waals surface area contributed by atoms with E-state index < -0.39 is 17.7 Å². The Morgan fingerprint density at radius 1 is 1.11 bits per heavy atom. The van der Waals surface area contributed by atoms with Gasteiger partial charge >= 0.3 is 5.97 Å². The highest BCUT2D eigenvalue weighted by Gasteiger charge is 2.32. The predicted molar refractivity (Wildman–Crippen MR) is 135 cm³/mol. The Morgan fingerprint density at radius 3 is 2.54 bits per heavy atom. The van der Waals surface area contributed by atoms with Gasteiger partial charge in [0.1, 0.15) is 29.0 Å². The minimum atomic E-state index is -0.647. The highest BCUT2D eigenvalue weighted by Crippen LogP contribution is 2.45. The van der Waals surface area contributed by atoms with Gasteiger partial charge < -0.3 is 24.7 Å². The standard InChI is InChI=1S/C29H27FN2O5/c1-17(2)12-13-35-24-11-6-19(14-26(24)34-3)27-22-10-9-21(15-25(22)37-28(32)23(27)16-31)36-29(33)18-4-7-20(30)8-5-18/h4-11,14-15,17,27H,12-13,32H2,1-3H3. The van der Waals surface area contributed by atoms with E-state index >= 15 is 0 Å². The Bertz CT molecular complexity index is 1380. The van der Waals surface area contributed by atoms with Crippen molar-refractivity contribution in [3.8, 4) is 29.1 Å². The third-order valence-corrected chi connectivity index (χ3v) is 5.95. The van der Waals surface area contributed by atoms with E-state index in [2.05, 4.69) is 19.9 Å². The number of carbonyl (C=O) groups is 1. The van der Waals surface area contributed by atoms with Crippen LogP contribution >= 0.6 is 0 Å². The molecule has 0 bridgehead atoms. The monoisotopic (exact) mass is 502 g/mol. The number of nitrogens with two attached hydrogens (primary N) is 1. The number of nitriles is 1. The van der Waals surface area contributed by atoms with E-state index in [0.717, 1.165) is 12.0 Å². The molecule has 3 aromatic carbocycles. The summed E-state index contributed by atoms with van der Waals surface area (Å²) in [6, 6.07) is 17.5. The lowest BCUT2D eigenvalue weighted by Gasteiger charge is -2.27. The second kappa shape index (κ2) is 11.0. The zero-order valence-electron chi connectivity index (χ0n) is 20.8. The quantitative estimate of drug-likeness (QED) is 0.311. The number of esters is 1. The third-order valence-electron chi connectivity index (χ3n) is 5.95. The van der Waals surface area contributed by atoms with Gasteiger partial charge in [0.15, 0.2) is 11.5 Å². The minimum absolute atomic E-state index is 0.0433. The van der Waals surface area contributed by atoms with Crippen LogP contribution in [0.3, 0.4) is 0 Å². The molecule has 1 aliphatic heterocycles. The first-order chi connectivity index (χ1) is 17.8. The number of rotatable bonds is 8. The number of carbonyl (C=O) groups excluding carboxylic acids is 1. The van der Waals surface area contributed by atoms with Crippen LogP contribution in [-0.2, 0) is 0 Å². The van der Waals surface area contributed by atoms with Crippen molar-refractivity contribution in [1.29, 1.82) is 5.26 Å². The molecule has 190 valence electrons. The summed E-state index contributed by atoms with van der Waals surface area (Å²) in [5.41, 5.74) is 8.00. The summed E-state index contributed by atoms with van der Waals surface area (Å²) in [5.74, 6) is 0.544. The molecule has 0 aromatic heterocycles.